The summed E-state index contributed by atoms with van der Waals surface area (Å²) in [6.45, 7) is 0. The van der Waals surface area contributed by atoms with E-state index in [4.69, 9.17) is 5.11 Å². The van der Waals surface area contributed by atoms with Gasteiger partial charge in [0.25, 0.3) is 0 Å². The molecule has 1 aromatic carbocycles. The highest BCUT2D eigenvalue weighted by atomic mass is 16.3. The van der Waals surface area contributed by atoms with Gasteiger partial charge < -0.3 is 30.6 Å². The van der Waals surface area contributed by atoms with Crippen molar-refractivity contribution in [2.45, 2.75) is 12.0 Å². The largest absolute Gasteiger partial charge is 0.508 e. The monoisotopic (exact) mass is 280 g/mol. The van der Waals surface area contributed by atoms with Crippen molar-refractivity contribution in [3.63, 3.8) is 0 Å². The molecule has 1 unspecified atom stereocenters. The van der Waals surface area contributed by atoms with E-state index in [1.165, 1.54) is 0 Å². The first-order chi connectivity index (χ1) is 9.24. The first-order valence-electron chi connectivity index (χ1n) is 5.57. The number of Topliss-reactive ketones (excluding diaryl/α,β-unsaturated/α-hetero) is 1. The summed E-state index contributed by atoms with van der Waals surface area (Å²) < 4.78 is 0. The van der Waals surface area contributed by atoms with Gasteiger partial charge >= 0.3 is 0 Å². The molecule has 0 fully saturated rings. The van der Waals surface area contributed by atoms with Crippen LogP contribution in [0.1, 0.15) is 16.8 Å². The van der Waals surface area contributed by atoms with E-state index in [1.807, 2.05) is 0 Å². The lowest BCUT2D eigenvalue weighted by Crippen LogP contribution is -2.39. The van der Waals surface area contributed by atoms with E-state index in [0.717, 1.165) is 18.2 Å². The lowest BCUT2D eigenvalue weighted by molar-refractivity contribution is 0.0438. The van der Waals surface area contributed by atoms with E-state index >= 15 is 0 Å². The third kappa shape index (κ3) is 2.14. The summed E-state index contributed by atoms with van der Waals surface area (Å²) in [4.78, 5) is 12.2. The molecular weight excluding hydrogens is 268 g/mol. The molecule has 106 valence electrons. The molecule has 7 heteroatoms. The first-order valence-corrected chi connectivity index (χ1v) is 5.57. The van der Waals surface area contributed by atoms with Gasteiger partial charge in [-0.1, -0.05) is 0 Å². The van der Waals surface area contributed by atoms with Crippen LogP contribution in [0.4, 0.5) is 0 Å². The lowest BCUT2D eigenvalue weighted by Gasteiger charge is -2.26. The number of aromatic hydroxyl groups is 2. The van der Waals surface area contributed by atoms with Gasteiger partial charge in [-0.25, -0.2) is 0 Å². The number of phenolic OH excluding ortho intramolecular Hbond substituents is 2. The molecule has 1 aliphatic carbocycles. The summed E-state index contributed by atoms with van der Waals surface area (Å²) in [6, 6.07) is 3.16. The van der Waals surface area contributed by atoms with E-state index in [1.54, 1.807) is 0 Å². The maximum atomic E-state index is 12.2. The molecular formula is C13H12O7. The number of rotatable bonds is 2. The molecule has 1 aromatic rings. The van der Waals surface area contributed by atoms with Gasteiger partial charge in [-0.3, -0.25) is 4.79 Å². The van der Waals surface area contributed by atoms with E-state index in [9.17, 15) is 30.3 Å². The summed E-state index contributed by atoms with van der Waals surface area (Å²) in [5.74, 6) is -4.27. The number of ketones is 1. The Balaban J connectivity index is 2.41. The van der Waals surface area contributed by atoms with Gasteiger partial charge in [0, 0.05) is 18.1 Å². The molecule has 0 saturated heterocycles. The summed E-state index contributed by atoms with van der Waals surface area (Å²) in [6.07, 6.45) is 0.0810. The van der Waals surface area contributed by atoms with Crippen molar-refractivity contribution in [3.05, 3.63) is 47.1 Å². The van der Waals surface area contributed by atoms with Crippen LogP contribution >= 0.6 is 0 Å². The van der Waals surface area contributed by atoms with Crippen molar-refractivity contribution < 1.29 is 35.4 Å². The Hall–Kier alpha value is -2.67. The highest BCUT2D eigenvalue weighted by Gasteiger charge is 2.40. The van der Waals surface area contributed by atoms with Gasteiger partial charge in [0.1, 0.15) is 5.76 Å². The van der Waals surface area contributed by atoms with Crippen LogP contribution in [0.3, 0.4) is 0 Å². The number of hydrogen-bond acceptors (Lipinski definition) is 7. The summed E-state index contributed by atoms with van der Waals surface area (Å²) in [5.41, 5.74) is -2.40. The van der Waals surface area contributed by atoms with Crippen LogP contribution < -0.4 is 0 Å². The third-order valence-electron chi connectivity index (χ3n) is 2.96. The Kier molecular flexibility index (Phi) is 3.07. The van der Waals surface area contributed by atoms with Crippen LogP contribution in [-0.4, -0.2) is 42.0 Å². The van der Waals surface area contributed by atoms with Crippen molar-refractivity contribution in [2.75, 3.05) is 0 Å². The number of benzene rings is 1. The number of phenols is 2. The van der Waals surface area contributed by atoms with Crippen LogP contribution in [0.15, 0.2) is 41.6 Å². The topological polar surface area (TPSA) is 138 Å². The predicted molar refractivity (Wildman–Crippen MR) is 66.7 cm³/mol. The smallest absolute Gasteiger partial charge is 0.199 e. The molecule has 2 rings (SSSR count). The molecule has 0 saturated carbocycles. The second-order valence-electron chi connectivity index (χ2n) is 4.46. The van der Waals surface area contributed by atoms with Gasteiger partial charge in [-0.2, -0.15) is 0 Å². The molecule has 6 N–H and O–H groups in total. The average molecular weight is 280 g/mol. The minimum atomic E-state index is -2.26. The zero-order valence-corrected chi connectivity index (χ0v) is 10.1. The zero-order chi connectivity index (χ0) is 15.1. The molecule has 0 bridgehead atoms. The van der Waals surface area contributed by atoms with E-state index in [2.05, 4.69) is 0 Å². The Bertz CT molecular complexity index is 644. The normalized spacial score (nSPS) is 22.6. The number of carbonyl (C=O) groups is 1. The Labute approximate surface area is 113 Å². The van der Waals surface area contributed by atoms with Crippen molar-refractivity contribution in [1.29, 1.82) is 0 Å². The van der Waals surface area contributed by atoms with Gasteiger partial charge in [0.2, 0.25) is 0 Å². The second-order valence-corrected chi connectivity index (χ2v) is 4.46. The SMILES string of the molecule is O=C(c1ccc(O)c(O)c1)C1(O)C=C(O)C(O)=C(O)C1. The van der Waals surface area contributed by atoms with Crippen LogP contribution in [0, 0.1) is 0 Å². The van der Waals surface area contributed by atoms with Crippen molar-refractivity contribution in [2.24, 2.45) is 0 Å². The molecule has 0 heterocycles. The summed E-state index contributed by atoms with van der Waals surface area (Å²) in [5, 5.41) is 56.7. The molecule has 0 spiro atoms. The number of hydrogen-bond donors (Lipinski definition) is 6. The highest BCUT2D eigenvalue weighted by molar-refractivity contribution is 6.04. The Morgan fingerprint density at radius 1 is 1.05 bits per heavy atom. The fourth-order valence-electron chi connectivity index (χ4n) is 1.89. The predicted octanol–water partition coefficient (Wildman–Crippen LogP) is 1.18. The van der Waals surface area contributed by atoms with Gasteiger partial charge in [-0.05, 0) is 18.2 Å². The van der Waals surface area contributed by atoms with E-state index in [0.29, 0.717) is 6.08 Å². The molecule has 0 radical (unpaired) electrons. The molecule has 0 aliphatic heterocycles. The molecule has 0 amide bonds. The van der Waals surface area contributed by atoms with Gasteiger partial charge in [0.15, 0.2) is 34.4 Å². The fourth-order valence-corrected chi connectivity index (χ4v) is 1.89. The van der Waals surface area contributed by atoms with Crippen LogP contribution in [0.5, 0.6) is 11.5 Å². The van der Waals surface area contributed by atoms with Gasteiger partial charge in [0.05, 0.1) is 0 Å². The maximum Gasteiger partial charge on any atom is 0.199 e. The first kappa shape index (κ1) is 13.8. The lowest BCUT2D eigenvalue weighted by atomic mass is 9.85. The molecule has 1 aliphatic rings. The Morgan fingerprint density at radius 2 is 1.70 bits per heavy atom. The van der Waals surface area contributed by atoms with E-state index in [-0.39, 0.29) is 5.56 Å². The van der Waals surface area contributed by atoms with Crippen LogP contribution in [0.25, 0.3) is 0 Å². The van der Waals surface area contributed by atoms with Crippen molar-refractivity contribution >= 4 is 5.78 Å². The average Bonchev–Trinajstić information content (AvgIpc) is 2.38. The molecule has 7 nitrogen and oxygen atoms in total. The fraction of sp³-hybridized carbons (Fsp3) is 0.154. The highest BCUT2D eigenvalue weighted by Crippen LogP contribution is 2.33. The summed E-state index contributed by atoms with van der Waals surface area (Å²) in [7, 11) is 0. The molecule has 20 heavy (non-hydrogen) atoms. The van der Waals surface area contributed by atoms with E-state index < -0.39 is 46.6 Å². The van der Waals surface area contributed by atoms with Crippen molar-refractivity contribution in [3.8, 4) is 11.5 Å². The molecule has 1 atom stereocenters. The molecule has 0 aromatic heterocycles. The minimum Gasteiger partial charge on any atom is -0.508 e. The zero-order valence-electron chi connectivity index (χ0n) is 10.1. The Morgan fingerprint density at radius 3 is 2.25 bits per heavy atom. The second kappa shape index (κ2) is 4.46. The number of aliphatic hydroxyl groups excluding tert-OH is 3. The van der Waals surface area contributed by atoms with Crippen LogP contribution in [-0.2, 0) is 0 Å². The number of carbonyl (C=O) groups excluding carboxylic acids is 1. The minimum absolute atomic E-state index is 0.138. The van der Waals surface area contributed by atoms with Crippen molar-refractivity contribution in [1.82, 2.24) is 0 Å². The van der Waals surface area contributed by atoms with Crippen LogP contribution in [0.2, 0.25) is 0 Å². The quantitative estimate of drug-likeness (QED) is 0.353. The standard InChI is InChI=1S/C13H12O7/c14-7-2-1-6(3-8(7)15)12(19)13(20)4-9(16)11(18)10(17)5-13/h1-4,14-18,20H,5H2. The van der Waals surface area contributed by atoms with Gasteiger partial charge in [-0.15, -0.1) is 0 Å². The maximum absolute atomic E-state index is 12.2. The third-order valence-corrected chi connectivity index (χ3v) is 2.96. The number of aliphatic hydroxyl groups is 4. The summed E-state index contributed by atoms with van der Waals surface area (Å²) >= 11 is 0.